The van der Waals surface area contributed by atoms with E-state index >= 15 is 0 Å². The topological polar surface area (TPSA) is 36.4 Å². The van der Waals surface area contributed by atoms with Crippen LogP contribution in [0.15, 0.2) is 24.3 Å². The second kappa shape index (κ2) is 7.41. The molecular weight excluding hydrogens is 306 g/mol. The van der Waals surface area contributed by atoms with E-state index in [9.17, 15) is 4.79 Å². The van der Waals surface area contributed by atoms with Crippen LogP contribution in [0.4, 0.5) is 0 Å². The number of hydrogen-bond donors (Lipinski definition) is 0. The van der Waals surface area contributed by atoms with Gasteiger partial charge in [0, 0.05) is 7.05 Å². The Kier molecular flexibility index (Phi) is 5.28. The van der Waals surface area contributed by atoms with Gasteiger partial charge in [0.15, 0.2) is 0 Å². The van der Waals surface area contributed by atoms with Gasteiger partial charge in [-0.1, -0.05) is 25.0 Å². The zero-order valence-corrected chi connectivity index (χ0v) is 14.8. The summed E-state index contributed by atoms with van der Waals surface area (Å²) in [6, 6.07) is 8.10. The van der Waals surface area contributed by atoms with Gasteiger partial charge < -0.3 is 4.90 Å². The molecular formula is C18H25N3OS. The van der Waals surface area contributed by atoms with E-state index in [1.54, 1.807) is 11.3 Å². The molecule has 0 radical (unpaired) electrons. The van der Waals surface area contributed by atoms with E-state index in [4.69, 9.17) is 0 Å². The fraction of sp³-hybridized carbons (Fsp3) is 0.556. The van der Waals surface area contributed by atoms with Gasteiger partial charge in [0.25, 0.3) is 0 Å². The van der Waals surface area contributed by atoms with Gasteiger partial charge in [0.1, 0.15) is 5.01 Å². The van der Waals surface area contributed by atoms with Crippen LogP contribution < -0.4 is 0 Å². The molecule has 4 nitrogen and oxygen atoms in total. The van der Waals surface area contributed by atoms with Crippen LogP contribution in [0.5, 0.6) is 0 Å². The van der Waals surface area contributed by atoms with Crippen LogP contribution in [0.2, 0.25) is 0 Å². The number of para-hydroxylation sites is 1. The highest BCUT2D eigenvalue weighted by Crippen LogP contribution is 2.23. The van der Waals surface area contributed by atoms with Crippen LogP contribution in [-0.4, -0.2) is 46.9 Å². The third-order valence-electron chi connectivity index (χ3n) is 4.63. The maximum Gasteiger partial charge on any atom is 0.239 e. The van der Waals surface area contributed by atoms with Gasteiger partial charge in [0.05, 0.1) is 22.8 Å². The first-order valence-corrected chi connectivity index (χ1v) is 9.30. The minimum absolute atomic E-state index is 0.0347. The lowest BCUT2D eigenvalue weighted by Gasteiger charge is -2.29. The monoisotopic (exact) mass is 331 g/mol. The van der Waals surface area contributed by atoms with Gasteiger partial charge in [-0.05, 0) is 45.0 Å². The number of rotatable bonds is 4. The van der Waals surface area contributed by atoms with Crippen molar-refractivity contribution >= 4 is 27.5 Å². The van der Waals surface area contributed by atoms with Crippen molar-refractivity contribution in [3.63, 3.8) is 0 Å². The number of aromatic nitrogens is 1. The van der Waals surface area contributed by atoms with Gasteiger partial charge in [-0.2, -0.15) is 0 Å². The molecule has 1 amide bonds. The van der Waals surface area contributed by atoms with Crippen molar-refractivity contribution in [2.45, 2.75) is 45.2 Å². The van der Waals surface area contributed by atoms with Gasteiger partial charge >= 0.3 is 0 Å². The first-order valence-electron chi connectivity index (χ1n) is 8.48. The molecule has 1 fully saturated rings. The largest absolute Gasteiger partial charge is 0.338 e. The number of carbonyl (C=O) groups is 1. The standard InChI is InChI=1S/C18H25N3OS/c1-14(21-11-7-3-4-8-12-21)18(22)20(2)13-17-19-15-9-5-6-10-16(15)23-17/h5-6,9-10,14H,3-4,7-8,11-13H2,1-2H3. The Morgan fingerprint density at radius 2 is 1.96 bits per heavy atom. The summed E-state index contributed by atoms with van der Waals surface area (Å²) in [7, 11) is 1.89. The molecule has 0 spiro atoms. The van der Waals surface area contributed by atoms with E-state index in [0.717, 1.165) is 23.6 Å². The van der Waals surface area contributed by atoms with Crippen LogP contribution in [0.1, 0.15) is 37.6 Å². The summed E-state index contributed by atoms with van der Waals surface area (Å²) < 4.78 is 1.18. The molecule has 2 aromatic rings. The number of likely N-dealkylation sites (tertiary alicyclic amines) is 1. The van der Waals surface area contributed by atoms with Crippen molar-refractivity contribution in [1.29, 1.82) is 0 Å². The summed E-state index contributed by atoms with van der Waals surface area (Å²) in [5.41, 5.74) is 1.02. The molecule has 1 aliphatic heterocycles. The molecule has 23 heavy (non-hydrogen) atoms. The summed E-state index contributed by atoms with van der Waals surface area (Å²) in [6.07, 6.45) is 5.00. The van der Waals surface area contributed by atoms with Crippen LogP contribution in [0.3, 0.4) is 0 Å². The maximum atomic E-state index is 12.7. The minimum atomic E-state index is -0.0347. The summed E-state index contributed by atoms with van der Waals surface area (Å²) in [4.78, 5) is 21.5. The molecule has 2 heterocycles. The fourth-order valence-corrected chi connectivity index (χ4v) is 4.25. The van der Waals surface area contributed by atoms with Crippen molar-refractivity contribution in [2.24, 2.45) is 0 Å². The number of benzene rings is 1. The summed E-state index contributed by atoms with van der Waals surface area (Å²) >= 11 is 1.68. The quantitative estimate of drug-likeness (QED) is 0.860. The van der Waals surface area contributed by atoms with Crippen LogP contribution >= 0.6 is 11.3 Å². The molecule has 1 unspecified atom stereocenters. The molecule has 0 aliphatic carbocycles. The molecule has 1 atom stereocenters. The normalized spacial score (nSPS) is 17.8. The second-order valence-electron chi connectivity index (χ2n) is 6.40. The van der Waals surface area contributed by atoms with Crippen LogP contribution in [0.25, 0.3) is 10.2 Å². The van der Waals surface area contributed by atoms with E-state index in [1.807, 2.05) is 37.1 Å². The lowest BCUT2D eigenvalue weighted by atomic mass is 10.2. The SMILES string of the molecule is CC(C(=O)N(C)Cc1nc2ccccc2s1)N1CCCCCC1. The van der Waals surface area contributed by atoms with Crippen LogP contribution in [0, 0.1) is 0 Å². The zero-order chi connectivity index (χ0) is 16.2. The Bertz CT molecular complexity index is 628. The highest BCUT2D eigenvalue weighted by atomic mass is 32.1. The van der Waals surface area contributed by atoms with Crippen molar-refractivity contribution in [1.82, 2.24) is 14.8 Å². The van der Waals surface area contributed by atoms with Crippen molar-refractivity contribution in [3.05, 3.63) is 29.3 Å². The first-order chi connectivity index (χ1) is 11.1. The van der Waals surface area contributed by atoms with Crippen molar-refractivity contribution in [2.75, 3.05) is 20.1 Å². The maximum absolute atomic E-state index is 12.7. The number of nitrogens with zero attached hydrogens (tertiary/aromatic N) is 3. The number of carbonyl (C=O) groups excluding carboxylic acids is 1. The summed E-state index contributed by atoms with van der Waals surface area (Å²) in [5.74, 6) is 0.200. The Morgan fingerprint density at radius 1 is 1.26 bits per heavy atom. The van der Waals surface area contributed by atoms with E-state index in [1.165, 1.54) is 30.4 Å². The van der Waals surface area contributed by atoms with Gasteiger partial charge in [0.2, 0.25) is 5.91 Å². The molecule has 0 saturated carbocycles. The predicted octanol–water partition coefficient (Wildman–Crippen LogP) is 3.52. The number of fused-ring (bicyclic) bond motifs is 1. The lowest BCUT2D eigenvalue weighted by molar-refractivity contribution is -0.135. The summed E-state index contributed by atoms with van der Waals surface area (Å²) in [6.45, 7) is 4.72. The molecule has 0 N–H and O–H groups in total. The minimum Gasteiger partial charge on any atom is -0.338 e. The van der Waals surface area contributed by atoms with Gasteiger partial charge in [-0.3, -0.25) is 9.69 Å². The molecule has 0 bridgehead atoms. The van der Waals surface area contributed by atoms with E-state index in [0.29, 0.717) is 6.54 Å². The van der Waals surface area contributed by atoms with Gasteiger partial charge in [-0.25, -0.2) is 4.98 Å². The molecule has 5 heteroatoms. The van der Waals surface area contributed by atoms with Gasteiger partial charge in [-0.15, -0.1) is 11.3 Å². The van der Waals surface area contributed by atoms with E-state index in [2.05, 4.69) is 16.0 Å². The lowest BCUT2D eigenvalue weighted by Crippen LogP contribution is -2.45. The average molecular weight is 331 g/mol. The predicted molar refractivity (Wildman–Crippen MR) is 95.6 cm³/mol. The molecule has 1 aromatic carbocycles. The average Bonchev–Trinajstić information content (AvgIpc) is 2.77. The van der Waals surface area contributed by atoms with Crippen LogP contribution in [-0.2, 0) is 11.3 Å². The molecule has 1 aromatic heterocycles. The first kappa shape index (κ1) is 16.4. The Morgan fingerprint density at radius 3 is 2.65 bits per heavy atom. The fourth-order valence-electron chi connectivity index (χ4n) is 3.23. The third kappa shape index (κ3) is 3.90. The number of thiazole rings is 1. The zero-order valence-electron chi connectivity index (χ0n) is 14.0. The van der Waals surface area contributed by atoms with E-state index in [-0.39, 0.29) is 11.9 Å². The number of amides is 1. The summed E-state index contributed by atoms with van der Waals surface area (Å²) in [5, 5.41) is 1.00. The highest BCUT2D eigenvalue weighted by Gasteiger charge is 2.25. The number of likely N-dealkylation sites (N-methyl/N-ethyl adjacent to an activating group) is 1. The second-order valence-corrected chi connectivity index (χ2v) is 7.51. The van der Waals surface area contributed by atoms with E-state index < -0.39 is 0 Å². The molecule has 1 aliphatic rings. The highest BCUT2D eigenvalue weighted by molar-refractivity contribution is 7.18. The smallest absolute Gasteiger partial charge is 0.239 e. The molecule has 1 saturated heterocycles. The Labute approximate surface area is 142 Å². The van der Waals surface area contributed by atoms with Crippen molar-refractivity contribution < 1.29 is 4.79 Å². The molecule has 3 rings (SSSR count). The third-order valence-corrected chi connectivity index (χ3v) is 5.65. The Hall–Kier alpha value is -1.46. The molecule has 124 valence electrons. The van der Waals surface area contributed by atoms with Crippen molar-refractivity contribution in [3.8, 4) is 0 Å². The number of hydrogen-bond acceptors (Lipinski definition) is 4. The Balaban J connectivity index is 1.64.